The molecule has 0 saturated carbocycles. The van der Waals surface area contributed by atoms with Crippen LogP contribution in [0.15, 0.2) is 52.4 Å². The zero-order valence-electron chi connectivity index (χ0n) is 15.1. The summed E-state index contributed by atoms with van der Waals surface area (Å²) in [5.74, 6) is -0.468. The van der Waals surface area contributed by atoms with E-state index in [-0.39, 0.29) is 12.1 Å². The smallest absolute Gasteiger partial charge is 0.416 e. The Labute approximate surface area is 155 Å². The first-order chi connectivity index (χ1) is 12.8. The molecule has 1 aromatic heterocycles. The van der Waals surface area contributed by atoms with Gasteiger partial charge < -0.3 is 4.74 Å². The highest BCUT2D eigenvalue weighted by Crippen LogP contribution is 2.33. The predicted octanol–water partition coefficient (Wildman–Crippen LogP) is 4.08. The number of hydrogen-bond donors (Lipinski definition) is 0. The summed E-state index contributed by atoms with van der Waals surface area (Å²) in [7, 11) is 0. The number of ether oxygens (including phenoxy) is 1. The molecule has 27 heavy (non-hydrogen) atoms. The fourth-order valence-corrected chi connectivity index (χ4v) is 3.17. The number of amidine groups is 1. The summed E-state index contributed by atoms with van der Waals surface area (Å²) in [4.78, 5) is 17.0. The van der Waals surface area contributed by atoms with Crippen LogP contribution in [0.5, 0.6) is 0 Å². The molecular weight excluding hydrogens is 357 g/mol. The van der Waals surface area contributed by atoms with Crippen LogP contribution in [0.1, 0.15) is 32.4 Å². The minimum absolute atomic E-state index is 0.0298. The standard InChI is InChI=1S/C19H21F3N4O/c1-12-8-13(2)26-18(25-12)27-17(10-16-11-23-6-7-24-16)14-4-3-5-15(9-14)19(20,21)22/h3,5-7,9,11-12,14,17H,4,8,10H2,1-2H3. The van der Waals surface area contributed by atoms with Gasteiger partial charge in [-0.05, 0) is 20.3 Å². The summed E-state index contributed by atoms with van der Waals surface area (Å²) in [5, 5.41) is 0. The van der Waals surface area contributed by atoms with Gasteiger partial charge in [0.15, 0.2) is 0 Å². The molecule has 2 aliphatic rings. The first kappa shape index (κ1) is 19.3. The molecule has 0 bridgehead atoms. The van der Waals surface area contributed by atoms with Gasteiger partial charge >= 0.3 is 12.2 Å². The van der Waals surface area contributed by atoms with Gasteiger partial charge in [0.25, 0.3) is 0 Å². The highest BCUT2D eigenvalue weighted by atomic mass is 19.4. The minimum Gasteiger partial charge on any atom is -0.459 e. The molecule has 0 spiro atoms. The molecule has 0 fully saturated rings. The Morgan fingerprint density at radius 2 is 2.11 bits per heavy atom. The predicted molar refractivity (Wildman–Crippen MR) is 96.6 cm³/mol. The Kier molecular flexibility index (Phi) is 5.72. The topological polar surface area (TPSA) is 59.7 Å². The van der Waals surface area contributed by atoms with Crippen LogP contribution in [0, 0.1) is 5.92 Å². The normalized spacial score (nSPS) is 24.0. The molecule has 0 aromatic carbocycles. The second-order valence-electron chi connectivity index (χ2n) is 6.79. The van der Waals surface area contributed by atoms with E-state index in [4.69, 9.17) is 4.74 Å². The number of aromatic nitrogens is 2. The quantitative estimate of drug-likeness (QED) is 0.793. The Morgan fingerprint density at radius 1 is 1.30 bits per heavy atom. The summed E-state index contributed by atoms with van der Waals surface area (Å²) >= 11 is 0. The van der Waals surface area contributed by atoms with Crippen molar-refractivity contribution in [2.75, 3.05) is 0 Å². The molecule has 3 unspecified atom stereocenters. The van der Waals surface area contributed by atoms with Gasteiger partial charge in [0.2, 0.25) is 0 Å². The first-order valence-electron chi connectivity index (χ1n) is 8.80. The zero-order chi connectivity index (χ0) is 19.4. The summed E-state index contributed by atoms with van der Waals surface area (Å²) in [5.41, 5.74) is 0.870. The summed E-state index contributed by atoms with van der Waals surface area (Å²) in [6.07, 6.45) is 5.07. The van der Waals surface area contributed by atoms with E-state index in [1.54, 1.807) is 18.6 Å². The van der Waals surface area contributed by atoms with Crippen molar-refractivity contribution in [1.82, 2.24) is 9.97 Å². The number of aliphatic imine (C=N–C) groups is 2. The van der Waals surface area contributed by atoms with E-state index in [0.29, 0.717) is 18.5 Å². The van der Waals surface area contributed by atoms with Gasteiger partial charge in [-0.3, -0.25) is 9.97 Å². The largest absolute Gasteiger partial charge is 0.459 e. The molecule has 0 saturated heterocycles. The van der Waals surface area contributed by atoms with Crippen molar-refractivity contribution in [2.45, 2.75) is 51.4 Å². The third-order valence-corrected chi connectivity index (χ3v) is 4.40. The minimum atomic E-state index is -4.39. The monoisotopic (exact) mass is 378 g/mol. The van der Waals surface area contributed by atoms with Crippen LogP contribution >= 0.6 is 0 Å². The Balaban J connectivity index is 1.86. The second-order valence-corrected chi connectivity index (χ2v) is 6.79. The third kappa shape index (κ3) is 5.24. The van der Waals surface area contributed by atoms with Crippen molar-refractivity contribution in [2.24, 2.45) is 15.9 Å². The van der Waals surface area contributed by atoms with Crippen molar-refractivity contribution in [3.63, 3.8) is 0 Å². The van der Waals surface area contributed by atoms with E-state index in [9.17, 15) is 13.2 Å². The van der Waals surface area contributed by atoms with Gasteiger partial charge in [-0.15, -0.1) is 0 Å². The molecule has 0 radical (unpaired) electrons. The molecule has 3 atom stereocenters. The molecule has 3 rings (SSSR count). The average Bonchev–Trinajstić information content (AvgIpc) is 2.61. The highest BCUT2D eigenvalue weighted by molar-refractivity contribution is 5.95. The molecule has 144 valence electrons. The fourth-order valence-electron chi connectivity index (χ4n) is 3.17. The average molecular weight is 378 g/mol. The number of nitrogens with zero attached hydrogens (tertiary/aromatic N) is 4. The Bertz CT molecular complexity index is 784. The third-order valence-electron chi connectivity index (χ3n) is 4.40. The van der Waals surface area contributed by atoms with Crippen molar-refractivity contribution in [1.29, 1.82) is 0 Å². The summed E-state index contributed by atoms with van der Waals surface area (Å²) < 4.78 is 45.4. The summed E-state index contributed by atoms with van der Waals surface area (Å²) in [6, 6.07) is 0.249. The van der Waals surface area contributed by atoms with Crippen LogP contribution in [-0.2, 0) is 11.2 Å². The van der Waals surface area contributed by atoms with Crippen LogP contribution in [0.3, 0.4) is 0 Å². The van der Waals surface area contributed by atoms with Gasteiger partial charge in [-0.1, -0.05) is 18.2 Å². The highest BCUT2D eigenvalue weighted by Gasteiger charge is 2.36. The van der Waals surface area contributed by atoms with Crippen LogP contribution in [0.4, 0.5) is 13.2 Å². The SMILES string of the molecule is CC1=NC(OC(Cc2cnccn2)C2C=C(C(F)(F)F)C=CC2)=NC(C)C1. The molecule has 0 N–H and O–H groups in total. The molecule has 1 aliphatic carbocycles. The first-order valence-corrected chi connectivity index (χ1v) is 8.80. The number of allylic oxidation sites excluding steroid dienone is 3. The van der Waals surface area contributed by atoms with Gasteiger partial charge in [0.05, 0.1) is 17.3 Å². The van der Waals surface area contributed by atoms with E-state index in [2.05, 4.69) is 20.0 Å². The number of alkyl halides is 3. The number of halogens is 3. The molecular formula is C19H21F3N4O. The van der Waals surface area contributed by atoms with Gasteiger partial charge in [-0.2, -0.15) is 13.2 Å². The maximum absolute atomic E-state index is 13.1. The lowest BCUT2D eigenvalue weighted by molar-refractivity contribution is -0.0892. The second kappa shape index (κ2) is 8.02. The molecule has 1 aliphatic heterocycles. The van der Waals surface area contributed by atoms with Crippen molar-refractivity contribution < 1.29 is 17.9 Å². The van der Waals surface area contributed by atoms with E-state index < -0.39 is 23.8 Å². The maximum atomic E-state index is 13.1. The van der Waals surface area contributed by atoms with Crippen molar-refractivity contribution in [3.05, 3.63) is 48.1 Å². The lowest BCUT2D eigenvalue weighted by Gasteiger charge is -2.28. The molecule has 5 nitrogen and oxygen atoms in total. The molecule has 8 heteroatoms. The lowest BCUT2D eigenvalue weighted by atomic mass is 9.89. The van der Waals surface area contributed by atoms with E-state index >= 15 is 0 Å². The van der Waals surface area contributed by atoms with E-state index in [1.807, 2.05) is 13.8 Å². The van der Waals surface area contributed by atoms with E-state index in [1.165, 1.54) is 12.2 Å². The maximum Gasteiger partial charge on any atom is 0.416 e. The van der Waals surface area contributed by atoms with Gasteiger partial charge in [-0.25, -0.2) is 9.98 Å². The van der Waals surface area contributed by atoms with Crippen LogP contribution in [-0.4, -0.2) is 40.0 Å². The van der Waals surface area contributed by atoms with Crippen molar-refractivity contribution in [3.8, 4) is 0 Å². The van der Waals surface area contributed by atoms with Gasteiger partial charge in [0, 0.05) is 43.1 Å². The zero-order valence-corrected chi connectivity index (χ0v) is 15.1. The van der Waals surface area contributed by atoms with Crippen LogP contribution in [0.2, 0.25) is 0 Å². The number of hydrogen-bond acceptors (Lipinski definition) is 5. The summed E-state index contributed by atoms with van der Waals surface area (Å²) in [6.45, 7) is 3.83. The molecule has 1 aromatic rings. The van der Waals surface area contributed by atoms with E-state index in [0.717, 1.165) is 18.2 Å². The van der Waals surface area contributed by atoms with Crippen molar-refractivity contribution >= 4 is 11.7 Å². The Hall–Kier alpha value is -2.51. The Morgan fingerprint density at radius 3 is 2.78 bits per heavy atom. The number of rotatable bonds is 4. The lowest BCUT2D eigenvalue weighted by Crippen LogP contribution is -2.31. The van der Waals surface area contributed by atoms with Gasteiger partial charge in [0.1, 0.15) is 6.10 Å². The fraction of sp³-hybridized carbons (Fsp3) is 0.474. The molecule has 0 amide bonds. The van der Waals surface area contributed by atoms with Crippen LogP contribution < -0.4 is 0 Å². The molecule has 2 heterocycles. The van der Waals surface area contributed by atoms with Crippen LogP contribution in [0.25, 0.3) is 0 Å².